The maximum absolute atomic E-state index is 5.31. The molecule has 0 N–H and O–H groups in total. The van der Waals surface area contributed by atoms with Crippen LogP contribution in [0, 0.1) is 0 Å². The number of imidazole rings is 1. The number of para-hydroxylation sites is 2. The van der Waals surface area contributed by atoms with Crippen LogP contribution in [-0.4, -0.2) is 16.7 Å². The number of aryl methyl sites for hydroxylation is 1. The monoisotopic (exact) mass is 316 g/mol. The molecule has 3 nitrogen and oxygen atoms in total. The van der Waals surface area contributed by atoms with Crippen molar-refractivity contribution in [1.82, 2.24) is 9.55 Å². The number of methoxy groups -OCH3 is 1. The van der Waals surface area contributed by atoms with Gasteiger partial charge in [0.1, 0.15) is 11.6 Å². The highest BCUT2D eigenvalue weighted by molar-refractivity contribution is 5.85. The fourth-order valence-corrected chi connectivity index (χ4v) is 3.34. The van der Waals surface area contributed by atoms with Crippen molar-refractivity contribution in [1.29, 1.82) is 0 Å². The zero-order chi connectivity index (χ0) is 16.7. The molecule has 3 heteroatoms. The lowest BCUT2D eigenvalue weighted by Crippen LogP contribution is -2.04. The van der Waals surface area contributed by atoms with Gasteiger partial charge in [0.25, 0.3) is 0 Å². The minimum absolute atomic E-state index is 0.230. The Balaban J connectivity index is 1.79. The molecule has 1 atom stereocenters. The third kappa shape index (κ3) is 2.33. The lowest BCUT2D eigenvalue weighted by atomic mass is 9.97. The molecule has 0 unspecified atom stereocenters. The summed E-state index contributed by atoms with van der Waals surface area (Å²) in [5.41, 5.74) is 3.49. The van der Waals surface area contributed by atoms with E-state index in [9.17, 15) is 0 Å². The Kier molecular flexibility index (Phi) is 3.49. The fourth-order valence-electron chi connectivity index (χ4n) is 3.34. The Hall–Kier alpha value is -2.81. The van der Waals surface area contributed by atoms with Crippen LogP contribution >= 0.6 is 0 Å². The molecule has 0 fully saturated rings. The summed E-state index contributed by atoms with van der Waals surface area (Å²) in [4.78, 5) is 4.84. The largest absolute Gasteiger partial charge is 0.497 e. The Morgan fingerprint density at radius 1 is 0.958 bits per heavy atom. The molecule has 0 aliphatic rings. The Bertz CT molecular complexity index is 1030. The maximum atomic E-state index is 5.31. The van der Waals surface area contributed by atoms with Gasteiger partial charge in [-0.2, -0.15) is 0 Å². The number of hydrogen-bond donors (Lipinski definition) is 0. The number of rotatable bonds is 3. The van der Waals surface area contributed by atoms with Gasteiger partial charge < -0.3 is 9.30 Å². The molecule has 0 radical (unpaired) electrons. The van der Waals surface area contributed by atoms with Gasteiger partial charge in [0, 0.05) is 13.0 Å². The number of nitrogens with zero attached hydrogens (tertiary/aromatic N) is 2. The quantitative estimate of drug-likeness (QED) is 0.538. The summed E-state index contributed by atoms with van der Waals surface area (Å²) in [6, 6.07) is 21.1. The van der Waals surface area contributed by atoms with Gasteiger partial charge in [-0.15, -0.1) is 0 Å². The van der Waals surface area contributed by atoms with Crippen molar-refractivity contribution >= 4 is 21.8 Å². The molecule has 120 valence electrons. The van der Waals surface area contributed by atoms with Gasteiger partial charge in [0.15, 0.2) is 0 Å². The number of hydrogen-bond acceptors (Lipinski definition) is 2. The van der Waals surface area contributed by atoms with E-state index >= 15 is 0 Å². The average molecular weight is 316 g/mol. The zero-order valence-corrected chi connectivity index (χ0v) is 14.2. The van der Waals surface area contributed by atoms with E-state index in [0.29, 0.717) is 0 Å². The summed E-state index contributed by atoms with van der Waals surface area (Å²) in [6.07, 6.45) is 0. The molecular weight excluding hydrogens is 296 g/mol. The van der Waals surface area contributed by atoms with E-state index in [1.54, 1.807) is 7.11 Å². The maximum Gasteiger partial charge on any atom is 0.119 e. The fraction of sp³-hybridized carbons (Fsp3) is 0.190. The molecule has 0 aliphatic carbocycles. The standard InChI is InChI=1S/C21H20N2O/c1-14(21-22-19-6-4-5-7-20(19)23(21)2)15-8-9-17-13-18(24-3)11-10-16(17)12-15/h4-14H,1-3H3/t14-/m1/s1. The Labute approximate surface area is 141 Å². The molecular formula is C21H20N2O. The molecule has 24 heavy (non-hydrogen) atoms. The predicted molar refractivity (Wildman–Crippen MR) is 98.7 cm³/mol. The van der Waals surface area contributed by atoms with Crippen molar-refractivity contribution in [3.05, 3.63) is 72.1 Å². The van der Waals surface area contributed by atoms with Crippen molar-refractivity contribution in [2.24, 2.45) is 7.05 Å². The number of aromatic nitrogens is 2. The van der Waals surface area contributed by atoms with Gasteiger partial charge in [-0.3, -0.25) is 0 Å². The van der Waals surface area contributed by atoms with Crippen molar-refractivity contribution in [2.75, 3.05) is 7.11 Å². The summed E-state index contributed by atoms with van der Waals surface area (Å²) in [7, 11) is 3.79. The van der Waals surface area contributed by atoms with Crippen LogP contribution in [0.3, 0.4) is 0 Å². The number of fused-ring (bicyclic) bond motifs is 2. The second-order valence-corrected chi connectivity index (χ2v) is 6.21. The minimum Gasteiger partial charge on any atom is -0.497 e. The highest BCUT2D eigenvalue weighted by atomic mass is 16.5. The molecule has 0 bridgehead atoms. The minimum atomic E-state index is 0.230. The van der Waals surface area contributed by atoms with E-state index in [2.05, 4.69) is 67.1 Å². The Morgan fingerprint density at radius 3 is 2.50 bits per heavy atom. The van der Waals surface area contributed by atoms with E-state index < -0.39 is 0 Å². The topological polar surface area (TPSA) is 27.1 Å². The molecule has 1 heterocycles. The lowest BCUT2D eigenvalue weighted by molar-refractivity contribution is 0.415. The first-order valence-corrected chi connectivity index (χ1v) is 8.16. The van der Waals surface area contributed by atoms with Crippen LogP contribution in [0.25, 0.3) is 21.8 Å². The van der Waals surface area contributed by atoms with E-state index in [0.717, 1.165) is 17.1 Å². The molecule has 4 rings (SSSR count). The van der Waals surface area contributed by atoms with Crippen LogP contribution in [0.1, 0.15) is 24.2 Å². The van der Waals surface area contributed by atoms with E-state index in [1.807, 2.05) is 12.1 Å². The number of benzene rings is 3. The highest BCUT2D eigenvalue weighted by Crippen LogP contribution is 2.29. The molecule has 0 amide bonds. The predicted octanol–water partition coefficient (Wildman–Crippen LogP) is 4.89. The van der Waals surface area contributed by atoms with Gasteiger partial charge in [-0.25, -0.2) is 4.98 Å². The first-order valence-electron chi connectivity index (χ1n) is 8.16. The average Bonchev–Trinajstić information content (AvgIpc) is 2.97. The first-order chi connectivity index (χ1) is 11.7. The van der Waals surface area contributed by atoms with Gasteiger partial charge in [0.2, 0.25) is 0 Å². The van der Waals surface area contributed by atoms with Crippen LogP contribution in [-0.2, 0) is 7.05 Å². The van der Waals surface area contributed by atoms with Crippen molar-refractivity contribution in [2.45, 2.75) is 12.8 Å². The molecule has 4 aromatic rings. The van der Waals surface area contributed by atoms with E-state index in [4.69, 9.17) is 9.72 Å². The third-order valence-electron chi connectivity index (χ3n) is 4.78. The van der Waals surface area contributed by atoms with Crippen molar-refractivity contribution in [3.63, 3.8) is 0 Å². The summed E-state index contributed by atoms with van der Waals surface area (Å²) in [5.74, 6) is 2.21. The molecule has 0 saturated carbocycles. The van der Waals surface area contributed by atoms with Crippen LogP contribution in [0.5, 0.6) is 5.75 Å². The molecule has 1 aromatic heterocycles. The first kappa shape index (κ1) is 14.8. The molecule has 0 saturated heterocycles. The summed E-state index contributed by atoms with van der Waals surface area (Å²) >= 11 is 0. The van der Waals surface area contributed by atoms with E-state index in [1.165, 1.54) is 21.9 Å². The smallest absolute Gasteiger partial charge is 0.119 e. The van der Waals surface area contributed by atoms with E-state index in [-0.39, 0.29) is 5.92 Å². The van der Waals surface area contributed by atoms with Gasteiger partial charge in [-0.1, -0.05) is 43.3 Å². The third-order valence-corrected chi connectivity index (χ3v) is 4.78. The summed E-state index contributed by atoms with van der Waals surface area (Å²) in [6.45, 7) is 2.21. The van der Waals surface area contributed by atoms with Gasteiger partial charge in [-0.05, 0) is 40.6 Å². The summed E-state index contributed by atoms with van der Waals surface area (Å²) in [5, 5.41) is 2.41. The SMILES string of the molecule is COc1ccc2cc([C@@H](C)c3nc4ccccc4n3C)ccc2c1. The normalized spacial score (nSPS) is 12.6. The molecule has 0 aliphatic heterocycles. The van der Waals surface area contributed by atoms with Crippen LogP contribution in [0.2, 0.25) is 0 Å². The second kappa shape index (κ2) is 5.68. The van der Waals surface area contributed by atoms with Crippen LogP contribution in [0.15, 0.2) is 60.7 Å². The van der Waals surface area contributed by atoms with Crippen molar-refractivity contribution < 1.29 is 4.74 Å². The van der Waals surface area contributed by atoms with Crippen molar-refractivity contribution in [3.8, 4) is 5.75 Å². The van der Waals surface area contributed by atoms with Gasteiger partial charge in [0.05, 0.1) is 18.1 Å². The second-order valence-electron chi connectivity index (χ2n) is 6.21. The molecule has 3 aromatic carbocycles. The lowest BCUT2D eigenvalue weighted by Gasteiger charge is -2.13. The number of ether oxygens (including phenoxy) is 1. The Morgan fingerprint density at radius 2 is 1.71 bits per heavy atom. The van der Waals surface area contributed by atoms with Crippen LogP contribution < -0.4 is 4.74 Å². The summed E-state index contributed by atoms with van der Waals surface area (Å²) < 4.78 is 7.50. The van der Waals surface area contributed by atoms with Gasteiger partial charge >= 0.3 is 0 Å². The highest BCUT2D eigenvalue weighted by Gasteiger charge is 2.16. The van der Waals surface area contributed by atoms with Crippen LogP contribution in [0.4, 0.5) is 0 Å². The zero-order valence-electron chi connectivity index (χ0n) is 14.2. The molecule has 0 spiro atoms.